The molecule has 0 aliphatic rings. The van der Waals surface area contributed by atoms with Crippen molar-refractivity contribution in [3.63, 3.8) is 0 Å². The summed E-state index contributed by atoms with van der Waals surface area (Å²) in [5.74, 6) is -1.07. The molecule has 1 atom stereocenters. The average molecular weight is 329 g/mol. The van der Waals surface area contributed by atoms with E-state index in [2.05, 4.69) is 12.2 Å². The van der Waals surface area contributed by atoms with Gasteiger partial charge in [0.05, 0.1) is 0 Å². The number of hydrogen-bond acceptors (Lipinski definition) is 3. The summed E-state index contributed by atoms with van der Waals surface area (Å²) in [6.07, 6.45) is 2.94. The van der Waals surface area contributed by atoms with Crippen LogP contribution < -0.4 is 5.32 Å². The number of benzene rings is 1. The van der Waals surface area contributed by atoms with E-state index in [9.17, 15) is 9.59 Å². The molecule has 0 aliphatic carbocycles. The van der Waals surface area contributed by atoms with Gasteiger partial charge in [0.1, 0.15) is 11.3 Å². The van der Waals surface area contributed by atoms with Gasteiger partial charge >= 0.3 is 5.97 Å². The fourth-order valence-corrected chi connectivity index (χ4v) is 2.71. The molecule has 5 nitrogen and oxygen atoms in total. The number of furan rings is 1. The molecule has 0 saturated heterocycles. The van der Waals surface area contributed by atoms with Crippen LogP contribution in [0.5, 0.6) is 0 Å². The third kappa shape index (κ3) is 4.47. The zero-order chi connectivity index (χ0) is 17.5. The average Bonchev–Trinajstić information content (AvgIpc) is 3.01. The molecule has 0 aliphatic heterocycles. The minimum atomic E-state index is -1.08. The van der Waals surface area contributed by atoms with Crippen molar-refractivity contribution in [3.8, 4) is 0 Å². The highest BCUT2D eigenvalue weighted by Gasteiger charge is 2.22. The summed E-state index contributed by atoms with van der Waals surface area (Å²) >= 11 is 0. The van der Waals surface area contributed by atoms with E-state index in [0.29, 0.717) is 12.2 Å². The van der Waals surface area contributed by atoms with Crippen LogP contribution >= 0.6 is 0 Å². The summed E-state index contributed by atoms with van der Waals surface area (Å²) in [5.41, 5.74) is 1.20. The summed E-state index contributed by atoms with van der Waals surface area (Å²) in [6.45, 7) is 3.86. The van der Waals surface area contributed by atoms with Gasteiger partial charge in [-0.15, -0.1) is 0 Å². The Kier molecular flexibility index (Phi) is 6.18. The number of aryl methyl sites for hydroxylation is 1. The Bertz CT molecular complexity index is 691. The second kappa shape index (κ2) is 8.34. The van der Waals surface area contributed by atoms with Crippen LogP contribution in [0.3, 0.4) is 0 Å². The van der Waals surface area contributed by atoms with Gasteiger partial charge in [-0.3, -0.25) is 4.79 Å². The van der Waals surface area contributed by atoms with E-state index in [1.54, 1.807) is 6.92 Å². The molecule has 0 bridgehead atoms. The van der Waals surface area contributed by atoms with Gasteiger partial charge < -0.3 is 14.8 Å². The number of hydrogen-bond donors (Lipinski definition) is 2. The van der Waals surface area contributed by atoms with Gasteiger partial charge in [-0.05, 0) is 18.4 Å². The lowest BCUT2D eigenvalue weighted by Crippen LogP contribution is -2.36. The number of aromatic carboxylic acids is 1. The molecule has 1 aromatic carbocycles. The quantitative estimate of drug-likeness (QED) is 0.774. The van der Waals surface area contributed by atoms with E-state index in [-0.39, 0.29) is 23.3 Å². The molecule has 0 radical (unpaired) electrons. The smallest absolute Gasteiger partial charge is 0.339 e. The van der Waals surface area contributed by atoms with Crippen molar-refractivity contribution in [2.45, 2.75) is 45.6 Å². The highest BCUT2D eigenvalue weighted by Crippen LogP contribution is 2.17. The Hall–Kier alpha value is -2.56. The van der Waals surface area contributed by atoms with Gasteiger partial charge in [0, 0.05) is 18.5 Å². The number of carboxylic acids is 1. The summed E-state index contributed by atoms with van der Waals surface area (Å²) in [5, 5.41) is 12.1. The van der Waals surface area contributed by atoms with Gasteiger partial charge in [-0.1, -0.05) is 50.6 Å². The van der Waals surface area contributed by atoms with Crippen molar-refractivity contribution >= 4 is 11.9 Å². The van der Waals surface area contributed by atoms with Crippen molar-refractivity contribution in [1.82, 2.24) is 5.32 Å². The molecular formula is C19H23NO4. The summed E-state index contributed by atoms with van der Waals surface area (Å²) in [6, 6.07) is 11.2. The van der Waals surface area contributed by atoms with Gasteiger partial charge in [0.15, 0.2) is 5.76 Å². The van der Waals surface area contributed by atoms with E-state index in [4.69, 9.17) is 9.52 Å². The molecule has 128 valence electrons. The van der Waals surface area contributed by atoms with E-state index in [0.717, 1.165) is 24.8 Å². The first-order valence-corrected chi connectivity index (χ1v) is 8.25. The Morgan fingerprint density at radius 1 is 1.21 bits per heavy atom. The van der Waals surface area contributed by atoms with E-state index in [1.165, 1.54) is 6.07 Å². The van der Waals surface area contributed by atoms with Crippen LogP contribution in [0.25, 0.3) is 0 Å². The number of amides is 1. The molecule has 1 unspecified atom stereocenters. The third-order valence-electron chi connectivity index (χ3n) is 3.88. The number of carbonyl (C=O) groups is 2. The Morgan fingerprint density at radius 2 is 1.92 bits per heavy atom. The maximum atomic E-state index is 12.4. The zero-order valence-electron chi connectivity index (χ0n) is 14.0. The Balaban J connectivity index is 2.11. The maximum absolute atomic E-state index is 12.4. The summed E-state index contributed by atoms with van der Waals surface area (Å²) < 4.78 is 5.42. The number of rotatable bonds is 8. The largest absolute Gasteiger partial charge is 0.478 e. The first kappa shape index (κ1) is 17.8. The van der Waals surface area contributed by atoms with Crippen LogP contribution in [0, 0.1) is 0 Å². The van der Waals surface area contributed by atoms with E-state index in [1.807, 2.05) is 30.3 Å². The first-order chi connectivity index (χ1) is 11.5. The topological polar surface area (TPSA) is 79.5 Å². The number of carbonyl (C=O) groups excluding carboxylic acids is 1. The van der Waals surface area contributed by atoms with Crippen LogP contribution in [0.1, 0.15) is 58.9 Å². The van der Waals surface area contributed by atoms with Gasteiger partial charge in [0.2, 0.25) is 0 Å². The van der Waals surface area contributed by atoms with Crippen molar-refractivity contribution < 1.29 is 19.1 Å². The van der Waals surface area contributed by atoms with E-state index >= 15 is 0 Å². The van der Waals surface area contributed by atoms with Gasteiger partial charge in [-0.2, -0.15) is 0 Å². The van der Waals surface area contributed by atoms with Crippen LogP contribution in [0.4, 0.5) is 0 Å². The van der Waals surface area contributed by atoms with Crippen LogP contribution in [0.15, 0.2) is 40.8 Å². The summed E-state index contributed by atoms with van der Waals surface area (Å²) in [7, 11) is 0. The van der Waals surface area contributed by atoms with Gasteiger partial charge in [0.25, 0.3) is 5.91 Å². The van der Waals surface area contributed by atoms with Crippen LogP contribution in [-0.4, -0.2) is 23.0 Å². The Labute approximate surface area is 141 Å². The van der Waals surface area contributed by atoms with Crippen molar-refractivity contribution in [1.29, 1.82) is 0 Å². The number of nitrogens with one attached hydrogen (secondary N) is 1. The molecule has 0 saturated carbocycles. The predicted molar refractivity (Wildman–Crippen MR) is 91.4 cm³/mol. The van der Waals surface area contributed by atoms with Crippen LogP contribution in [-0.2, 0) is 12.8 Å². The highest BCUT2D eigenvalue weighted by molar-refractivity contribution is 5.96. The van der Waals surface area contributed by atoms with Crippen molar-refractivity contribution in [3.05, 3.63) is 59.0 Å². The molecule has 1 aromatic heterocycles. The second-order valence-electron chi connectivity index (χ2n) is 5.75. The zero-order valence-corrected chi connectivity index (χ0v) is 14.0. The lowest BCUT2D eigenvalue weighted by atomic mass is 10.0. The number of carboxylic acid groups (broad SMARTS) is 1. The third-order valence-corrected chi connectivity index (χ3v) is 3.88. The molecule has 2 N–H and O–H groups in total. The molecule has 0 fully saturated rings. The molecule has 1 amide bonds. The molecule has 0 spiro atoms. The minimum absolute atomic E-state index is 0.0200. The molecule has 2 aromatic rings. The van der Waals surface area contributed by atoms with E-state index < -0.39 is 5.97 Å². The first-order valence-electron chi connectivity index (χ1n) is 8.25. The molecule has 2 rings (SSSR count). The normalized spacial score (nSPS) is 11.9. The summed E-state index contributed by atoms with van der Waals surface area (Å²) in [4.78, 5) is 23.6. The second-order valence-corrected chi connectivity index (χ2v) is 5.75. The monoisotopic (exact) mass is 329 g/mol. The maximum Gasteiger partial charge on any atom is 0.339 e. The Morgan fingerprint density at radius 3 is 2.46 bits per heavy atom. The van der Waals surface area contributed by atoms with Gasteiger partial charge in [-0.25, -0.2) is 4.79 Å². The lowest BCUT2D eigenvalue weighted by Gasteiger charge is -2.17. The van der Waals surface area contributed by atoms with Crippen molar-refractivity contribution in [2.24, 2.45) is 0 Å². The standard InChI is InChI=1S/C19H23NO4/c1-3-8-14(11-13-9-6-5-7-10-13)20-18(21)17-12-15(19(22)23)16(4-2)24-17/h5-7,9-10,12,14H,3-4,8,11H2,1-2H3,(H,20,21)(H,22,23). The molecular weight excluding hydrogens is 306 g/mol. The predicted octanol–water partition coefficient (Wildman–Crippen LogP) is 3.68. The highest BCUT2D eigenvalue weighted by atomic mass is 16.4. The van der Waals surface area contributed by atoms with Crippen LogP contribution in [0.2, 0.25) is 0 Å². The fourth-order valence-electron chi connectivity index (χ4n) is 2.71. The lowest BCUT2D eigenvalue weighted by molar-refractivity contribution is 0.0694. The minimum Gasteiger partial charge on any atom is -0.478 e. The molecule has 5 heteroatoms. The fraction of sp³-hybridized carbons (Fsp3) is 0.368. The van der Waals surface area contributed by atoms with Crippen molar-refractivity contribution in [2.75, 3.05) is 0 Å². The molecule has 1 heterocycles. The SMILES string of the molecule is CCCC(Cc1ccccc1)NC(=O)c1cc(C(=O)O)c(CC)o1. The molecule has 24 heavy (non-hydrogen) atoms.